The second-order valence-corrected chi connectivity index (χ2v) is 9.59. The molecule has 10 heteroatoms. The molecule has 4 rings (SSSR count). The molecule has 172 valence electrons. The highest BCUT2D eigenvalue weighted by atomic mass is 32.2. The number of carbonyl (C=O) groups excluding carboxylic acids is 1. The Balaban J connectivity index is 1.58. The van der Waals surface area contributed by atoms with E-state index in [-0.39, 0.29) is 16.2 Å². The number of H-pyrrole nitrogens is 1. The summed E-state index contributed by atoms with van der Waals surface area (Å²) in [6.07, 6.45) is 5.06. The van der Waals surface area contributed by atoms with E-state index in [0.717, 1.165) is 30.5 Å². The average Bonchev–Trinajstić information content (AvgIpc) is 3.48. The van der Waals surface area contributed by atoms with Crippen LogP contribution in [0.5, 0.6) is 0 Å². The van der Waals surface area contributed by atoms with Crippen molar-refractivity contribution in [2.75, 3.05) is 0 Å². The van der Waals surface area contributed by atoms with Gasteiger partial charge in [-0.3, -0.25) is 0 Å². The number of aromatic nitrogens is 4. The van der Waals surface area contributed by atoms with Crippen LogP contribution in [0.3, 0.4) is 0 Å². The van der Waals surface area contributed by atoms with Crippen molar-refractivity contribution < 1.29 is 17.8 Å². The second kappa shape index (κ2) is 10.1. The van der Waals surface area contributed by atoms with Crippen molar-refractivity contribution in [2.24, 2.45) is 0 Å². The maximum atomic E-state index is 13.3. The topological polar surface area (TPSA) is 131 Å². The molecule has 0 amide bonds. The zero-order valence-electron chi connectivity index (χ0n) is 18.2. The second-order valence-electron chi connectivity index (χ2n) is 7.91. The van der Waals surface area contributed by atoms with Crippen molar-refractivity contribution in [3.63, 3.8) is 0 Å². The third-order valence-corrected chi connectivity index (χ3v) is 6.87. The number of aromatic amines is 1. The largest absolute Gasteiger partial charge is 0.341 e. The number of Topliss-reactive ketones (excluding diaryl/α,β-unsaturated/α-hetero) is 1. The Bertz CT molecular complexity index is 1330. The molecular weight excluding hydrogens is 442 g/mol. The standard InChI is InChI=1S/C23H25N5O4S/c1-16(29)9-4-2-7-12-19(23-24-15-20(25-23)17-10-5-3-6-11-17)28-33(30,31)21-14-8-13-18-22(21)27-32-26-18/h3,5-6,8,10-11,13-15,19,28H,2,4,7,9,12H2,1H3,(H,24,25)/t19-/m0/s1. The van der Waals surface area contributed by atoms with E-state index in [0.29, 0.717) is 24.2 Å². The van der Waals surface area contributed by atoms with Gasteiger partial charge in [0.1, 0.15) is 22.0 Å². The van der Waals surface area contributed by atoms with E-state index >= 15 is 0 Å². The van der Waals surface area contributed by atoms with Gasteiger partial charge < -0.3 is 9.78 Å². The zero-order valence-corrected chi connectivity index (χ0v) is 19.0. The van der Waals surface area contributed by atoms with Crippen molar-refractivity contribution in [1.29, 1.82) is 0 Å². The van der Waals surface area contributed by atoms with Gasteiger partial charge in [0.05, 0.1) is 17.9 Å². The summed E-state index contributed by atoms with van der Waals surface area (Å²) >= 11 is 0. The molecule has 2 aromatic carbocycles. The van der Waals surface area contributed by atoms with Crippen LogP contribution < -0.4 is 4.72 Å². The molecule has 9 nitrogen and oxygen atoms in total. The summed E-state index contributed by atoms with van der Waals surface area (Å²) in [5, 5.41) is 7.48. The summed E-state index contributed by atoms with van der Waals surface area (Å²) in [5.74, 6) is 0.676. The molecule has 0 fully saturated rings. The average molecular weight is 468 g/mol. The smallest absolute Gasteiger partial charge is 0.243 e. The van der Waals surface area contributed by atoms with Crippen LogP contribution in [0.4, 0.5) is 0 Å². The van der Waals surface area contributed by atoms with E-state index in [2.05, 4.69) is 25.0 Å². The van der Waals surface area contributed by atoms with Gasteiger partial charge in [-0.1, -0.05) is 49.2 Å². The summed E-state index contributed by atoms with van der Waals surface area (Å²) in [4.78, 5) is 18.9. The molecule has 0 saturated carbocycles. The van der Waals surface area contributed by atoms with Crippen LogP contribution >= 0.6 is 0 Å². The first-order valence-corrected chi connectivity index (χ1v) is 12.3. The number of fused-ring (bicyclic) bond motifs is 1. The Kier molecular flexibility index (Phi) is 6.95. The molecule has 0 bridgehead atoms. The highest BCUT2D eigenvalue weighted by Gasteiger charge is 2.26. The maximum Gasteiger partial charge on any atom is 0.243 e. The van der Waals surface area contributed by atoms with E-state index in [1.165, 1.54) is 6.07 Å². The first-order valence-electron chi connectivity index (χ1n) is 10.8. The Hall–Kier alpha value is -3.37. The fourth-order valence-corrected chi connectivity index (χ4v) is 5.06. The number of hydrogen-bond acceptors (Lipinski definition) is 7. The van der Waals surface area contributed by atoms with Crippen LogP contribution in [0.25, 0.3) is 22.3 Å². The van der Waals surface area contributed by atoms with Crippen LogP contribution in [0.1, 0.15) is 50.9 Å². The number of nitrogens with one attached hydrogen (secondary N) is 2. The molecule has 2 N–H and O–H groups in total. The molecule has 2 heterocycles. The molecule has 33 heavy (non-hydrogen) atoms. The number of benzene rings is 2. The van der Waals surface area contributed by atoms with Gasteiger partial charge in [0.25, 0.3) is 0 Å². The molecule has 0 unspecified atom stereocenters. The molecule has 0 aliphatic heterocycles. The summed E-state index contributed by atoms with van der Waals surface area (Å²) in [6, 6.07) is 13.8. The Morgan fingerprint density at radius 3 is 2.67 bits per heavy atom. The fourth-order valence-electron chi connectivity index (χ4n) is 3.68. The highest BCUT2D eigenvalue weighted by molar-refractivity contribution is 7.89. The minimum atomic E-state index is -3.94. The van der Waals surface area contributed by atoms with E-state index in [1.807, 2.05) is 30.3 Å². The third kappa shape index (κ3) is 5.52. The SMILES string of the molecule is CC(=O)CCCCC[C@H](NS(=O)(=O)c1cccc2nonc12)c1ncc(-c2ccccc2)[nH]1. The van der Waals surface area contributed by atoms with Gasteiger partial charge in [0.15, 0.2) is 5.52 Å². The Labute approximate surface area is 191 Å². The molecule has 2 aromatic heterocycles. The summed E-state index contributed by atoms with van der Waals surface area (Å²) < 4.78 is 34.0. The molecule has 0 spiro atoms. The predicted molar refractivity (Wildman–Crippen MR) is 123 cm³/mol. The van der Waals surface area contributed by atoms with E-state index < -0.39 is 16.1 Å². The number of rotatable bonds is 11. The van der Waals surface area contributed by atoms with Crippen LogP contribution in [0, 0.1) is 0 Å². The fraction of sp³-hybridized carbons (Fsp3) is 0.304. The third-order valence-electron chi connectivity index (χ3n) is 5.37. The number of hydrogen-bond donors (Lipinski definition) is 2. The van der Waals surface area contributed by atoms with Gasteiger partial charge in [-0.15, -0.1) is 0 Å². The normalized spacial score (nSPS) is 12.8. The first-order chi connectivity index (χ1) is 15.9. The Morgan fingerprint density at radius 2 is 1.88 bits per heavy atom. The highest BCUT2D eigenvalue weighted by Crippen LogP contribution is 2.26. The van der Waals surface area contributed by atoms with E-state index in [4.69, 9.17) is 4.63 Å². The molecule has 1 atom stereocenters. The van der Waals surface area contributed by atoms with Crippen LogP contribution in [0.15, 0.2) is 64.3 Å². The van der Waals surface area contributed by atoms with Gasteiger partial charge in [-0.25, -0.2) is 22.8 Å². The summed E-state index contributed by atoms with van der Waals surface area (Å²) in [7, 11) is -3.94. The monoisotopic (exact) mass is 467 g/mol. The van der Waals surface area contributed by atoms with Gasteiger partial charge in [0.2, 0.25) is 10.0 Å². The number of unbranched alkanes of at least 4 members (excludes halogenated alkanes) is 2. The number of sulfonamides is 1. The number of nitrogens with zero attached hydrogens (tertiary/aromatic N) is 3. The van der Waals surface area contributed by atoms with Gasteiger partial charge in [-0.2, -0.15) is 0 Å². The van der Waals surface area contributed by atoms with Crippen LogP contribution in [-0.2, 0) is 14.8 Å². The molecule has 0 radical (unpaired) electrons. The lowest BCUT2D eigenvalue weighted by molar-refractivity contribution is -0.117. The lowest BCUT2D eigenvalue weighted by Crippen LogP contribution is -2.29. The zero-order chi connectivity index (χ0) is 23.3. The summed E-state index contributed by atoms with van der Waals surface area (Å²) in [5.41, 5.74) is 2.30. The van der Waals surface area contributed by atoms with E-state index in [1.54, 1.807) is 25.3 Å². The summed E-state index contributed by atoms with van der Waals surface area (Å²) in [6.45, 7) is 1.57. The molecule has 0 aliphatic rings. The minimum absolute atomic E-state index is 0.00216. The van der Waals surface area contributed by atoms with Crippen LogP contribution in [0.2, 0.25) is 0 Å². The van der Waals surface area contributed by atoms with Gasteiger partial charge in [-0.05, 0) is 47.8 Å². The first kappa shape index (κ1) is 22.8. The quantitative estimate of drug-likeness (QED) is 0.316. The van der Waals surface area contributed by atoms with Gasteiger partial charge >= 0.3 is 0 Å². The lowest BCUT2D eigenvalue weighted by Gasteiger charge is -2.17. The minimum Gasteiger partial charge on any atom is -0.341 e. The van der Waals surface area contributed by atoms with Crippen molar-refractivity contribution >= 4 is 26.8 Å². The lowest BCUT2D eigenvalue weighted by atomic mass is 10.1. The number of imidazole rings is 1. The predicted octanol–water partition coefficient (Wildman–Crippen LogP) is 4.17. The Morgan fingerprint density at radius 1 is 1.06 bits per heavy atom. The van der Waals surface area contributed by atoms with Crippen molar-refractivity contribution in [3.8, 4) is 11.3 Å². The number of carbonyl (C=O) groups is 1. The van der Waals surface area contributed by atoms with Crippen molar-refractivity contribution in [1.82, 2.24) is 25.0 Å². The van der Waals surface area contributed by atoms with Crippen molar-refractivity contribution in [2.45, 2.75) is 50.0 Å². The van der Waals surface area contributed by atoms with Crippen LogP contribution in [-0.4, -0.2) is 34.5 Å². The molecule has 0 aliphatic carbocycles. The van der Waals surface area contributed by atoms with Crippen molar-refractivity contribution in [3.05, 3.63) is 60.6 Å². The van der Waals surface area contributed by atoms with Gasteiger partial charge in [0, 0.05) is 6.42 Å². The molecule has 0 saturated heterocycles. The molecule has 4 aromatic rings. The van der Waals surface area contributed by atoms with E-state index in [9.17, 15) is 13.2 Å². The maximum absolute atomic E-state index is 13.3. The molecular formula is C23H25N5O4S. The number of ketones is 1.